The molecule has 52 heavy (non-hydrogen) atoms. The normalized spacial score (nSPS) is 11.6. The van der Waals surface area contributed by atoms with Crippen LogP contribution in [-0.4, -0.2) is 21.9 Å². The summed E-state index contributed by atoms with van der Waals surface area (Å²) < 4.78 is 4.09. The lowest BCUT2D eigenvalue weighted by molar-refractivity contribution is -0.712. The summed E-state index contributed by atoms with van der Waals surface area (Å²) in [5, 5.41) is 38.6. The van der Waals surface area contributed by atoms with Gasteiger partial charge in [-0.2, -0.15) is 10.5 Å². The van der Waals surface area contributed by atoms with Crippen molar-refractivity contribution in [3.05, 3.63) is 71.8 Å². The summed E-state index contributed by atoms with van der Waals surface area (Å²) in [6.45, 7) is 8.40. The first kappa shape index (κ1) is 45.6. The molecule has 286 valence electrons. The number of hydrogen-bond acceptors (Lipinski definition) is 6. The number of benzene rings is 1. The Hall–Kier alpha value is -4.44. The number of carbonyl (C=O) groups is 2. The molecular weight excluding hydrogens is 653 g/mol. The second-order valence-corrected chi connectivity index (χ2v) is 13.5. The first-order chi connectivity index (χ1) is 25.2. The first-order valence-corrected chi connectivity index (χ1v) is 19.7. The van der Waals surface area contributed by atoms with E-state index < -0.39 is 11.9 Å². The van der Waals surface area contributed by atoms with E-state index in [4.69, 9.17) is 10.5 Å². The van der Waals surface area contributed by atoms with E-state index in [0.29, 0.717) is 0 Å². The van der Waals surface area contributed by atoms with Crippen LogP contribution in [0.1, 0.15) is 188 Å². The zero-order chi connectivity index (χ0) is 38.4. The zero-order valence-corrected chi connectivity index (χ0v) is 32.3. The number of imidazole rings is 2. The van der Waals surface area contributed by atoms with Crippen LogP contribution in [0.2, 0.25) is 0 Å². The van der Waals surface area contributed by atoms with Crippen LogP contribution in [0, 0.1) is 22.7 Å². The number of unbranched alkanes of at least 4 members (excludes halogenated alkanes) is 16. The van der Waals surface area contributed by atoms with Crippen molar-refractivity contribution < 1.29 is 28.9 Å². The van der Waals surface area contributed by atoms with Crippen LogP contribution in [0.4, 0.5) is 0 Å². The molecule has 0 aliphatic carbocycles. The average molecular weight is 717 g/mol. The topological polar surface area (TPSA) is 167 Å². The minimum Gasteiger partial charge on any atom is -0.545 e. The largest absolute Gasteiger partial charge is 0.545 e. The zero-order valence-electron chi connectivity index (χ0n) is 32.3. The van der Waals surface area contributed by atoms with Gasteiger partial charge in [-0.15, -0.1) is 0 Å². The molecule has 2 unspecified atom stereocenters. The Morgan fingerprint density at radius 1 is 0.596 bits per heavy atom. The summed E-state index contributed by atoms with van der Waals surface area (Å²) in [5.74, 6) is -0.673. The van der Waals surface area contributed by atoms with E-state index >= 15 is 0 Å². The Morgan fingerprint density at radius 3 is 1.19 bits per heavy atom. The monoisotopic (exact) mass is 716 g/mol. The fourth-order valence-electron chi connectivity index (χ4n) is 6.05. The molecule has 0 amide bonds. The molecule has 1 aromatic carbocycles. The van der Waals surface area contributed by atoms with E-state index in [2.05, 4.69) is 36.0 Å². The molecule has 0 saturated carbocycles. The number of nitrogens with zero attached hydrogens (tertiary/aromatic N) is 4. The number of aromatic carboxylic acids is 2. The number of nitriles is 2. The maximum atomic E-state index is 10.3. The number of hydrogen-bond donors (Lipinski definition) is 2. The summed E-state index contributed by atoms with van der Waals surface area (Å²) in [4.78, 5) is 27.2. The molecule has 10 nitrogen and oxygen atoms in total. The molecule has 2 heterocycles. The molecule has 0 aliphatic heterocycles. The number of aromatic nitrogens is 4. The number of carboxylic acids is 2. The lowest BCUT2D eigenvalue weighted by Gasteiger charge is -2.09. The third-order valence-corrected chi connectivity index (χ3v) is 9.20. The van der Waals surface area contributed by atoms with Crippen LogP contribution in [0.3, 0.4) is 0 Å². The van der Waals surface area contributed by atoms with Crippen molar-refractivity contribution in [1.29, 1.82) is 10.5 Å². The van der Waals surface area contributed by atoms with Crippen LogP contribution in [0.5, 0.6) is 0 Å². The lowest BCUT2D eigenvalue weighted by Crippen LogP contribution is -2.39. The van der Waals surface area contributed by atoms with Crippen LogP contribution in [0.25, 0.3) is 0 Å². The lowest BCUT2D eigenvalue weighted by atomic mass is 10.1. The third kappa shape index (κ3) is 19.2. The van der Waals surface area contributed by atoms with Gasteiger partial charge >= 0.3 is 0 Å². The SMILES string of the molecule is CCCCCCCCCCCc1[nH]cc[n+]1C(C)C#N.CCCCCCCCCCCc1[nH]cc[n+]1C(C)C#N.O=C([O-])c1ccccc1C(=O)[O-]. The number of carboxylic acid groups (broad SMARTS) is 2. The van der Waals surface area contributed by atoms with E-state index in [9.17, 15) is 19.8 Å². The van der Waals surface area contributed by atoms with Gasteiger partial charge in [0.1, 0.15) is 36.9 Å². The van der Waals surface area contributed by atoms with Crippen LogP contribution in [-0.2, 0) is 12.8 Å². The molecule has 0 saturated heterocycles. The van der Waals surface area contributed by atoms with Gasteiger partial charge in [-0.25, -0.2) is 19.1 Å². The van der Waals surface area contributed by atoms with Gasteiger partial charge in [-0.3, -0.25) is 0 Å². The highest BCUT2D eigenvalue weighted by Crippen LogP contribution is 2.12. The minimum atomic E-state index is -1.52. The number of aromatic amines is 2. The molecule has 0 aliphatic rings. The van der Waals surface area contributed by atoms with Crippen LogP contribution >= 0.6 is 0 Å². The van der Waals surface area contributed by atoms with Crippen molar-refractivity contribution >= 4 is 11.9 Å². The van der Waals surface area contributed by atoms with Crippen molar-refractivity contribution in [2.24, 2.45) is 0 Å². The summed E-state index contributed by atoms with van der Waals surface area (Å²) >= 11 is 0. The van der Waals surface area contributed by atoms with Crippen molar-refractivity contribution in [2.75, 3.05) is 0 Å². The summed E-state index contributed by atoms with van der Waals surface area (Å²) in [6, 6.07) is 9.56. The maximum Gasteiger partial charge on any atom is 0.255 e. The number of aryl methyl sites for hydroxylation is 2. The molecular formula is C42H64N6O4. The second-order valence-electron chi connectivity index (χ2n) is 13.5. The van der Waals surface area contributed by atoms with Crippen LogP contribution in [0.15, 0.2) is 49.1 Å². The standard InChI is InChI=1S/2C17H29N3.C8H6O4/c2*1-3-4-5-6-7-8-9-10-11-12-17-19-13-14-20(17)16(2)15-18;9-7(10)5-3-1-2-4-6(5)8(11)12/h2*13-14,16H,3-12H2,1-2H3;1-4H,(H,9,10)(H,11,12). The number of H-pyrrole nitrogens is 2. The van der Waals surface area contributed by atoms with Gasteiger partial charge in [-0.05, 0) is 26.7 Å². The van der Waals surface area contributed by atoms with E-state index in [1.165, 1.54) is 139 Å². The molecule has 3 rings (SSSR count). The summed E-state index contributed by atoms with van der Waals surface area (Å²) in [5.41, 5.74) is -0.727. The molecule has 2 atom stereocenters. The van der Waals surface area contributed by atoms with Crippen molar-refractivity contribution in [1.82, 2.24) is 9.97 Å². The molecule has 10 heteroatoms. The maximum absolute atomic E-state index is 10.3. The van der Waals surface area contributed by atoms with Gasteiger partial charge in [0.2, 0.25) is 0 Å². The molecule has 0 spiro atoms. The van der Waals surface area contributed by atoms with Crippen molar-refractivity contribution in [2.45, 2.75) is 168 Å². The average Bonchev–Trinajstić information content (AvgIpc) is 3.83. The van der Waals surface area contributed by atoms with Gasteiger partial charge < -0.3 is 19.8 Å². The molecule has 3 aromatic rings. The second kappa shape index (κ2) is 29.2. The van der Waals surface area contributed by atoms with E-state index in [1.807, 2.05) is 47.8 Å². The highest BCUT2D eigenvalue weighted by molar-refractivity contribution is 5.99. The Morgan fingerprint density at radius 2 is 0.904 bits per heavy atom. The summed E-state index contributed by atoms with van der Waals surface area (Å²) in [7, 11) is 0. The Balaban J connectivity index is 0.000000403. The molecule has 2 aromatic heterocycles. The van der Waals surface area contributed by atoms with E-state index in [0.717, 1.165) is 25.0 Å². The Kier molecular flexibility index (Phi) is 25.6. The van der Waals surface area contributed by atoms with Gasteiger partial charge in [0.25, 0.3) is 11.6 Å². The van der Waals surface area contributed by atoms with E-state index in [-0.39, 0.29) is 23.2 Å². The molecule has 2 N–H and O–H groups in total. The van der Waals surface area contributed by atoms with E-state index in [1.54, 1.807) is 0 Å². The fraction of sp³-hybridized carbons (Fsp3) is 0.619. The first-order valence-electron chi connectivity index (χ1n) is 19.7. The molecule has 0 radical (unpaired) electrons. The fourth-order valence-corrected chi connectivity index (χ4v) is 6.05. The van der Waals surface area contributed by atoms with Gasteiger partial charge in [0.05, 0.1) is 11.9 Å². The molecule has 0 fully saturated rings. The van der Waals surface area contributed by atoms with Gasteiger partial charge in [0.15, 0.2) is 12.1 Å². The Labute approximate surface area is 312 Å². The van der Waals surface area contributed by atoms with Gasteiger partial charge in [0, 0.05) is 24.0 Å². The third-order valence-electron chi connectivity index (χ3n) is 9.20. The van der Waals surface area contributed by atoms with Crippen LogP contribution < -0.4 is 19.3 Å². The summed E-state index contributed by atoms with van der Waals surface area (Å²) in [6.07, 6.45) is 34.2. The van der Waals surface area contributed by atoms with Crippen molar-refractivity contribution in [3.8, 4) is 12.1 Å². The quantitative estimate of drug-likeness (QED) is 0.0727. The highest BCUT2D eigenvalue weighted by Gasteiger charge is 2.16. The number of rotatable bonds is 24. The number of carbonyl (C=O) groups excluding carboxylic acids is 2. The number of nitrogens with one attached hydrogen (secondary N) is 2. The predicted octanol–water partition coefficient (Wildman–Crippen LogP) is 7.33. The highest BCUT2D eigenvalue weighted by atomic mass is 16.4. The Bertz CT molecular complexity index is 1360. The molecule has 0 bridgehead atoms. The predicted molar refractivity (Wildman–Crippen MR) is 200 cm³/mol. The van der Waals surface area contributed by atoms with Gasteiger partial charge in [-0.1, -0.05) is 141 Å². The van der Waals surface area contributed by atoms with Crippen molar-refractivity contribution in [3.63, 3.8) is 0 Å². The minimum absolute atomic E-state index is 0.0742. The smallest absolute Gasteiger partial charge is 0.255 e.